The van der Waals surface area contributed by atoms with Crippen LogP contribution in [0.2, 0.25) is 0 Å². The molecule has 12 nitrogen and oxygen atoms in total. The van der Waals surface area contributed by atoms with Gasteiger partial charge in [-0.15, -0.1) is 0 Å². The predicted molar refractivity (Wildman–Crippen MR) is 151 cm³/mol. The third kappa shape index (κ3) is 10.7. The highest BCUT2D eigenvalue weighted by Crippen LogP contribution is 2.22. The number of alkyl carbamates (subject to hydrolysis) is 1. The van der Waals surface area contributed by atoms with E-state index < -0.39 is 23.6 Å². The Kier molecular flexibility index (Phi) is 11.2. The number of pyridine rings is 1. The average Bonchev–Trinajstić information content (AvgIpc) is 3.23. The lowest BCUT2D eigenvalue weighted by Gasteiger charge is -2.23. The van der Waals surface area contributed by atoms with E-state index in [4.69, 9.17) is 24.5 Å². The Morgan fingerprint density at radius 2 is 1.89 bits per heavy atom. The fraction of sp³-hybridized carbons (Fsp3) is 0.318. The summed E-state index contributed by atoms with van der Waals surface area (Å²) in [6.45, 7) is 5.72. The summed E-state index contributed by atoms with van der Waals surface area (Å²) in [6.07, 6.45) is 1.29. The topological polar surface area (TPSA) is 183 Å². The van der Waals surface area contributed by atoms with Crippen LogP contribution in [0.5, 0.6) is 0 Å². The zero-order valence-corrected chi connectivity index (χ0v) is 23.1. The highest BCUT2D eigenvalue weighted by atomic mass is 127. The Hall–Kier alpha value is -3.11. The van der Waals surface area contributed by atoms with E-state index in [1.165, 1.54) is 12.1 Å². The minimum absolute atomic E-state index is 0.103. The highest BCUT2D eigenvalue weighted by Gasteiger charge is 2.27. The van der Waals surface area contributed by atoms with Gasteiger partial charge in [0.05, 0.1) is 12.4 Å². The van der Waals surface area contributed by atoms with Gasteiger partial charge in [-0.2, -0.15) is 0 Å². The number of nitrogen functional groups attached to an aromatic ring is 3. The molecule has 1 aliphatic heterocycles. The van der Waals surface area contributed by atoms with Crippen molar-refractivity contribution in [2.45, 2.75) is 38.8 Å². The van der Waals surface area contributed by atoms with Gasteiger partial charge in [-0.25, -0.2) is 12.3 Å². The molecule has 0 saturated heterocycles. The van der Waals surface area contributed by atoms with Gasteiger partial charge >= 0.3 is 6.09 Å². The molecule has 1 aliphatic rings. The standard InChI is InChI=1S/C16H24IN7O4S.C6H7N/c1-16(2,3)27-15(26)21-11(6-9-7-24(8-20-9)29-28-17)14(25)23-12-5-4-10(18)13(19)22-12;7-6-4-2-1-3-5-6/h4-5,7,11,20H,6,8,18H2,1-3H3,(H,21,26)(H3,19,22,23,25);1-5H,7H2. The number of para-hydroxylation sites is 1. The van der Waals surface area contributed by atoms with Crippen molar-refractivity contribution in [1.29, 1.82) is 0 Å². The molecule has 36 heavy (non-hydrogen) atoms. The van der Waals surface area contributed by atoms with Crippen LogP contribution in [0.25, 0.3) is 0 Å². The van der Waals surface area contributed by atoms with Gasteiger partial charge in [0.1, 0.15) is 58.5 Å². The Morgan fingerprint density at radius 3 is 2.44 bits per heavy atom. The maximum atomic E-state index is 12.8. The maximum absolute atomic E-state index is 12.8. The number of benzene rings is 1. The average molecular weight is 631 g/mol. The summed E-state index contributed by atoms with van der Waals surface area (Å²) in [4.78, 5) is 29.1. The Labute approximate surface area is 228 Å². The number of amides is 2. The largest absolute Gasteiger partial charge is 0.444 e. The molecule has 0 aliphatic carbocycles. The summed E-state index contributed by atoms with van der Waals surface area (Å²) >= 11 is 2.90. The van der Waals surface area contributed by atoms with Gasteiger partial charge in [0.2, 0.25) is 5.91 Å². The van der Waals surface area contributed by atoms with Crippen molar-refractivity contribution in [2.75, 3.05) is 29.2 Å². The van der Waals surface area contributed by atoms with Gasteiger partial charge in [-0.1, -0.05) is 18.2 Å². The molecule has 1 unspecified atom stereocenters. The van der Waals surface area contributed by atoms with E-state index in [0.717, 1.165) is 23.6 Å². The zero-order chi connectivity index (χ0) is 26.7. The highest BCUT2D eigenvalue weighted by molar-refractivity contribution is 14.1. The Bertz CT molecular complexity index is 1050. The van der Waals surface area contributed by atoms with Crippen LogP contribution in [0, 0.1) is 0 Å². The molecule has 0 radical (unpaired) electrons. The lowest BCUT2D eigenvalue weighted by atomic mass is 10.1. The molecule has 1 aromatic carbocycles. The molecule has 2 heterocycles. The fourth-order valence-electron chi connectivity index (χ4n) is 2.75. The summed E-state index contributed by atoms with van der Waals surface area (Å²) < 4.78 is 12.0. The smallest absolute Gasteiger partial charge is 0.408 e. The van der Waals surface area contributed by atoms with E-state index in [9.17, 15) is 9.59 Å². The van der Waals surface area contributed by atoms with Crippen molar-refractivity contribution in [2.24, 2.45) is 0 Å². The summed E-state index contributed by atoms with van der Waals surface area (Å²) in [5.74, 6) is -0.154. The molecule has 14 heteroatoms. The molecule has 3 rings (SSSR count). The normalized spacial score (nSPS) is 13.4. The summed E-state index contributed by atoms with van der Waals surface area (Å²) in [7, 11) is 0. The van der Waals surface area contributed by atoms with Crippen LogP contribution in [0.1, 0.15) is 27.2 Å². The Balaban J connectivity index is 0.000000558. The van der Waals surface area contributed by atoms with Gasteiger partial charge in [0.15, 0.2) is 0 Å². The van der Waals surface area contributed by atoms with E-state index in [0.29, 0.717) is 12.4 Å². The molecule has 0 fully saturated rings. The van der Waals surface area contributed by atoms with Crippen molar-refractivity contribution in [1.82, 2.24) is 19.9 Å². The van der Waals surface area contributed by atoms with Crippen LogP contribution in [0.15, 0.2) is 54.4 Å². The second-order valence-electron chi connectivity index (χ2n) is 8.52. The molecule has 1 aromatic heterocycles. The van der Waals surface area contributed by atoms with Crippen LogP contribution in [0.4, 0.5) is 27.8 Å². The minimum Gasteiger partial charge on any atom is -0.444 e. The second-order valence-corrected chi connectivity index (χ2v) is 10.3. The van der Waals surface area contributed by atoms with Gasteiger partial charge in [0, 0.05) is 24.0 Å². The van der Waals surface area contributed by atoms with E-state index in [1.807, 2.05) is 30.3 Å². The predicted octanol–water partition coefficient (Wildman–Crippen LogP) is 3.37. The molecular formula is C22H31IN8O4S. The number of rotatable bonds is 7. The number of carbonyl (C=O) groups is 2. The molecule has 0 saturated carbocycles. The number of nitrogens with zero attached hydrogens (tertiary/aromatic N) is 2. The van der Waals surface area contributed by atoms with E-state index in [-0.39, 0.29) is 18.1 Å². The first-order valence-electron chi connectivity index (χ1n) is 10.8. The van der Waals surface area contributed by atoms with E-state index in [2.05, 4.69) is 20.9 Å². The fourth-order valence-corrected chi connectivity index (χ4v) is 3.73. The number of aromatic nitrogens is 1. The van der Waals surface area contributed by atoms with E-state index >= 15 is 0 Å². The number of carbonyl (C=O) groups excluding carboxylic acids is 2. The van der Waals surface area contributed by atoms with Crippen LogP contribution < -0.4 is 33.2 Å². The number of hydrogen-bond acceptors (Lipinski definition) is 11. The van der Waals surface area contributed by atoms with Crippen LogP contribution in [-0.4, -0.2) is 39.6 Å². The lowest BCUT2D eigenvalue weighted by molar-refractivity contribution is -0.118. The van der Waals surface area contributed by atoms with Crippen molar-refractivity contribution in [3.05, 3.63) is 54.4 Å². The number of hydrogen-bond donors (Lipinski definition) is 6. The first-order chi connectivity index (χ1) is 17.0. The number of nitrogens with one attached hydrogen (secondary N) is 3. The van der Waals surface area contributed by atoms with Gasteiger partial charge < -0.3 is 37.9 Å². The third-order valence-electron chi connectivity index (χ3n) is 4.33. The van der Waals surface area contributed by atoms with E-state index in [1.54, 1.807) is 54.3 Å². The van der Waals surface area contributed by atoms with Crippen LogP contribution in [-0.2, 0) is 12.0 Å². The monoisotopic (exact) mass is 630 g/mol. The summed E-state index contributed by atoms with van der Waals surface area (Å²) in [6, 6.07) is 11.6. The third-order valence-corrected chi connectivity index (χ3v) is 5.29. The van der Waals surface area contributed by atoms with Gasteiger partial charge in [-0.3, -0.25) is 9.10 Å². The second kappa shape index (κ2) is 13.8. The quantitative estimate of drug-likeness (QED) is 0.114. The first kappa shape index (κ1) is 29.1. The number of ether oxygens (including phenoxy) is 1. The van der Waals surface area contributed by atoms with Crippen molar-refractivity contribution >= 4 is 70.2 Å². The summed E-state index contributed by atoms with van der Waals surface area (Å²) in [5, 5.41) is 8.37. The van der Waals surface area contributed by atoms with Crippen molar-refractivity contribution in [3.63, 3.8) is 0 Å². The Morgan fingerprint density at radius 1 is 1.19 bits per heavy atom. The van der Waals surface area contributed by atoms with Crippen LogP contribution in [0.3, 0.4) is 0 Å². The maximum Gasteiger partial charge on any atom is 0.408 e. The molecule has 1 atom stereocenters. The molecule has 0 spiro atoms. The van der Waals surface area contributed by atoms with Gasteiger partial charge in [-0.05, 0) is 45.0 Å². The van der Waals surface area contributed by atoms with Crippen molar-refractivity contribution < 1.29 is 16.8 Å². The minimum atomic E-state index is -0.922. The van der Waals surface area contributed by atoms with Crippen molar-refractivity contribution in [3.8, 4) is 0 Å². The lowest BCUT2D eigenvalue weighted by Crippen LogP contribution is -2.46. The van der Waals surface area contributed by atoms with Gasteiger partial charge in [0.25, 0.3) is 0 Å². The molecule has 196 valence electrons. The molecule has 2 amide bonds. The molecule has 2 aromatic rings. The molecular weight excluding hydrogens is 599 g/mol. The molecule has 9 N–H and O–H groups in total. The molecule has 0 bridgehead atoms. The SMILES string of the molecule is CC(C)(C)OC(=O)NC(CC1=CN(SOI)CN1)C(=O)Nc1ccc(N)c(N)n1.Nc1ccccc1. The number of nitrogens with two attached hydrogens (primary N) is 3. The van der Waals surface area contributed by atoms with Crippen LogP contribution >= 0.6 is 35.2 Å². The first-order valence-corrected chi connectivity index (χ1v) is 12.3. The zero-order valence-electron chi connectivity index (χ0n) is 20.2. The number of anilines is 4. The summed E-state index contributed by atoms with van der Waals surface area (Å²) in [5.41, 5.74) is 17.9. The number of halogens is 1.